The number of hydrogen-bond acceptors (Lipinski definition) is 2. The second kappa shape index (κ2) is 28.9. The van der Waals surface area contributed by atoms with E-state index < -0.39 is 18.2 Å². The van der Waals surface area contributed by atoms with Crippen molar-refractivity contribution >= 4 is 79.0 Å². The number of hydrogen-bond donors (Lipinski definition) is 0. The van der Waals surface area contributed by atoms with Gasteiger partial charge in [0.25, 0.3) is 6.71 Å². The number of rotatable bonds is 8. The Hall–Kier alpha value is -9.90. The summed E-state index contributed by atoms with van der Waals surface area (Å²) in [7, 11) is 0. The molecule has 1 aromatic heterocycles. The first-order chi connectivity index (χ1) is 57.5. The maximum atomic E-state index is 9.95. The Bertz CT molecular complexity index is 6390. The van der Waals surface area contributed by atoms with E-state index in [-0.39, 0.29) is 83.9 Å². The zero-order chi connectivity index (χ0) is 91.5. The van der Waals surface area contributed by atoms with E-state index in [0.717, 1.165) is 106 Å². The summed E-state index contributed by atoms with van der Waals surface area (Å²) in [5, 5.41) is 2.42. The fourth-order valence-electron chi connectivity index (χ4n) is 18.5. The molecule has 0 N–H and O–H groups in total. The first-order valence-electron chi connectivity index (χ1n) is 46.7. The Labute approximate surface area is 730 Å². The van der Waals surface area contributed by atoms with Gasteiger partial charge in [-0.05, 0) is 249 Å². The largest absolute Gasteiger partial charge is 0.310 e. The van der Waals surface area contributed by atoms with Crippen LogP contribution in [0.5, 0.6) is 0 Å². The molecule has 0 unspecified atom stereocenters. The molecule has 3 heterocycles. The SMILES string of the molecule is [2H]c1c([2H])c([2H])c(-c2ccc3c(c2)N(c2c(-c4ccc(C(C)(C)C)cc4)cc(C(C)(C)C)cc2-c2c(C(C)(C)C)cccc2C(C)(C)C)c2cc(C(C)(C)C)cc4c2B3c2ccc(-n3c5ccc(C(C)(C)C)cc5c5cc(C(C)(C)C)ccc53)cc2N4c2c(-c3ccc(C(C)(C)C)cc3)cc(C(C)(C)C)cc2-c2ccc(C(C)(C)C)cc2C(C)(C)C)c([2H])c1[2H]. The molecule has 0 saturated carbocycles. The summed E-state index contributed by atoms with van der Waals surface area (Å²) in [6.07, 6.45) is 0. The van der Waals surface area contributed by atoms with Crippen molar-refractivity contribution in [1.29, 1.82) is 0 Å². The lowest BCUT2D eigenvalue weighted by atomic mass is 9.33. The summed E-state index contributed by atoms with van der Waals surface area (Å²) in [5.74, 6) is 0. The molecule has 3 nitrogen and oxygen atoms in total. The number of nitrogens with zero attached hydrogens (tertiary/aromatic N) is 3. The summed E-state index contributed by atoms with van der Waals surface area (Å²) in [5.41, 5.74) is 32.8. The molecule has 0 amide bonds. The van der Waals surface area contributed by atoms with Crippen molar-refractivity contribution in [2.24, 2.45) is 0 Å². The minimum absolute atomic E-state index is 0.121. The van der Waals surface area contributed by atoms with E-state index in [1.807, 2.05) is 0 Å². The molecule has 0 spiro atoms. The third kappa shape index (κ3) is 15.5. The van der Waals surface area contributed by atoms with Crippen LogP contribution in [0.2, 0.25) is 0 Å². The Morgan fingerprint density at radius 3 is 1.03 bits per heavy atom. The molecule has 0 bridgehead atoms. The van der Waals surface area contributed by atoms with Crippen LogP contribution in [0.25, 0.3) is 83.1 Å². The average molecular weight is 1590 g/mol. The fourth-order valence-corrected chi connectivity index (χ4v) is 18.5. The number of fused-ring (bicyclic) bond motifs is 7. The van der Waals surface area contributed by atoms with Gasteiger partial charge in [-0.15, -0.1) is 0 Å². The Balaban J connectivity index is 1.23. The number of anilines is 6. The molecule has 0 saturated heterocycles. The predicted molar refractivity (Wildman–Crippen MR) is 528 cm³/mol. The van der Waals surface area contributed by atoms with Gasteiger partial charge in [0, 0.05) is 61.5 Å². The molecule has 120 heavy (non-hydrogen) atoms. The highest BCUT2D eigenvalue weighted by Crippen LogP contribution is 2.59. The maximum Gasteiger partial charge on any atom is 0.252 e. The number of aromatic nitrogens is 1. The normalized spacial score (nSPS) is 14.6. The molecule has 12 aromatic carbocycles. The van der Waals surface area contributed by atoms with E-state index >= 15 is 0 Å². The zero-order valence-electron chi connectivity index (χ0n) is 83.9. The van der Waals surface area contributed by atoms with Gasteiger partial charge in [-0.25, -0.2) is 0 Å². The summed E-state index contributed by atoms with van der Waals surface area (Å²) >= 11 is 0. The maximum absolute atomic E-state index is 9.95. The van der Waals surface area contributed by atoms with Crippen LogP contribution in [0.4, 0.5) is 34.1 Å². The highest BCUT2D eigenvalue weighted by Gasteiger charge is 2.48. The van der Waals surface area contributed by atoms with Gasteiger partial charge >= 0.3 is 0 Å². The molecule has 618 valence electrons. The molecule has 2 aliphatic rings. The third-order valence-corrected chi connectivity index (χ3v) is 25.9. The van der Waals surface area contributed by atoms with Crippen molar-refractivity contribution in [3.05, 3.63) is 286 Å². The summed E-state index contributed by atoms with van der Waals surface area (Å²) in [6.45, 7) is 76.9. The molecule has 0 aliphatic carbocycles. The first kappa shape index (κ1) is 78.6. The predicted octanol–water partition coefficient (Wildman–Crippen LogP) is 31.5. The van der Waals surface area contributed by atoms with E-state index in [1.165, 1.54) is 77.5 Å². The van der Waals surface area contributed by atoms with Crippen LogP contribution in [0.3, 0.4) is 0 Å². The van der Waals surface area contributed by atoms with Crippen molar-refractivity contribution in [2.45, 2.75) is 288 Å². The topological polar surface area (TPSA) is 11.4 Å². The van der Waals surface area contributed by atoms with Crippen molar-refractivity contribution in [3.8, 4) is 61.3 Å². The van der Waals surface area contributed by atoms with Crippen molar-refractivity contribution in [3.63, 3.8) is 0 Å². The smallest absolute Gasteiger partial charge is 0.252 e. The van der Waals surface area contributed by atoms with Crippen molar-refractivity contribution in [2.75, 3.05) is 9.80 Å². The first-order valence-corrected chi connectivity index (χ1v) is 44.2. The van der Waals surface area contributed by atoms with Crippen LogP contribution in [0.1, 0.15) is 297 Å². The molecular weight excluding hydrogens is 1450 g/mol. The molecule has 13 aromatic rings. The monoisotopic (exact) mass is 1590 g/mol. The Kier molecular flexibility index (Phi) is 18.9. The molecule has 0 radical (unpaired) electrons. The lowest BCUT2D eigenvalue weighted by molar-refractivity contribution is 0.569. The minimum Gasteiger partial charge on any atom is -0.310 e. The van der Waals surface area contributed by atoms with Gasteiger partial charge in [-0.2, -0.15) is 0 Å². The van der Waals surface area contributed by atoms with Crippen molar-refractivity contribution < 1.29 is 6.85 Å². The van der Waals surface area contributed by atoms with Gasteiger partial charge in [0.15, 0.2) is 0 Å². The van der Waals surface area contributed by atoms with Gasteiger partial charge in [0.1, 0.15) is 0 Å². The van der Waals surface area contributed by atoms with E-state index in [1.54, 1.807) is 0 Å². The highest BCUT2D eigenvalue weighted by molar-refractivity contribution is 7.00. The second-order valence-corrected chi connectivity index (χ2v) is 46.6. The van der Waals surface area contributed by atoms with Crippen LogP contribution in [-0.4, -0.2) is 11.3 Å². The number of benzene rings is 12. The van der Waals surface area contributed by atoms with Gasteiger partial charge < -0.3 is 14.4 Å². The van der Waals surface area contributed by atoms with Gasteiger partial charge in [-0.3, -0.25) is 0 Å². The standard InChI is InChI=1S/C116H136BN3/c1-106(2,3)75-47-42-72(43-48-75)85-63-80(111(16,17)18)65-89(84-55-51-79(110(13,14)15)67-93(84)116(31,32)33)104(85)120-99-70-83(118-96-58-52-77(108(7,8)9)61-87(96)88-62-78(109(10,11)12)53-59-97(88)118)54-57-95(99)117-94-56-46-74(71-38-35-34-36-39-71)60-98(94)119(100-68-82(113(22,23)24)69-101(120)103(100)117)105-86(73-44-49-76(50-45-73)107(4,5)6)64-81(112(19,20)21)66-90(105)102-91(114(25,26)27)40-37-41-92(102)115(28,29)30/h34-70H,1-33H3/i34D,35D,36D,38D,39D. The average Bonchev–Trinajstić information content (AvgIpc) is 0.798. The Morgan fingerprint density at radius 2 is 0.608 bits per heavy atom. The lowest BCUT2D eigenvalue weighted by Crippen LogP contribution is -2.61. The lowest BCUT2D eigenvalue weighted by Gasteiger charge is -2.47. The fraction of sp³-hybridized carbons (Fsp3) is 0.379. The highest BCUT2D eigenvalue weighted by atomic mass is 15.2. The van der Waals surface area contributed by atoms with Crippen LogP contribution < -0.4 is 26.2 Å². The summed E-state index contributed by atoms with van der Waals surface area (Å²) in [4.78, 5) is 5.36. The van der Waals surface area contributed by atoms with E-state index in [0.29, 0.717) is 5.56 Å². The molecule has 2 aliphatic heterocycles. The van der Waals surface area contributed by atoms with Crippen molar-refractivity contribution in [1.82, 2.24) is 4.57 Å². The van der Waals surface area contributed by atoms with E-state index in [4.69, 9.17) is 1.37 Å². The Morgan fingerprint density at radius 1 is 0.250 bits per heavy atom. The second-order valence-electron chi connectivity index (χ2n) is 46.6. The molecular formula is C116H136BN3. The van der Waals surface area contributed by atoms with Gasteiger partial charge in [-0.1, -0.05) is 374 Å². The molecule has 0 atom stereocenters. The van der Waals surface area contributed by atoms with Gasteiger partial charge in [0.05, 0.1) is 29.3 Å². The third-order valence-electron chi connectivity index (χ3n) is 25.9. The zero-order valence-corrected chi connectivity index (χ0v) is 78.9. The van der Waals surface area contributed by atoms with Crippen LogP contribution in [0.15, 0.2) is 224 Å². The van der Waals surface area contributed by atoms with E-state index in [9.17, 15) is 5.48 Å². The van der Waals surface area contributed by atoms with Crippen LogP contribution in [-0.2, 0) is 59.6 Å². The quantitative estimate of drug-likeness (QED) is 0.141. The van der Waals surface area contributed by atoms with Crippen LogP contribution in [0, 0.1) is 0 Å². The van der Waals surface area contributed by atoms with E-state index in [2.05, 4.69) is 437 Å². The minimum atomic E-state index is -0.494. The summed E-state index contributed by atoms with van der Waals surface area (Å²) in [6, 6.07) is 75.0. The molecule has 0 fully saturated rings. The van der Waals surface area contributed by atoms with Gasteiger partial charge in [0.2, 0.25) is 0 Å². The molecule has 4 heteroatoms. The summed E-state index contributed by atoms with van der Waals surface area (Å²) < 4.78 is 50.3. The molecule has 15 rings (SSSR count). The van der Waals surface area contributed by atoms with Crippen LogP contribution >= 0.6 is 0 Å².